The minimum Gasteiger partial charge on any atom is -0.387 e. The molecule has 4 rings (SSSR count). The van der Waals surface area contributed by atoms with Gasteiger partial charge in [0.25, 0.3) is 17.7 Å². The molecule has 3 amide bonds. The van der Waals surface area contributed by atoms with E-state index in [0.717, 1.165) is 5.56 Å². The largest absolute Gasteiger partial charge is 0.387 e. The molecule has 1 atom stereocenters. The molecule has 6 nitrogen and oxygen atoms in total. The number of fused-ring (bicyclic) bond motifs is 1. The second kappa shape index (κ2) is 9.11. The lowest BCUT2D eigenvalue weighted by atomic mass is 10.0. The van der Waals surface area contributed by atoms with Gasteiger partial charge in [-0.3, -0.25) is 19.3 Å². The van der Waals surface area contributed by atoms with Gasteiger partial charge >= 0.3 is 0 Å². The monoisotopic (exact) mass is 432 g/mol. The number of carbonyl (C=O) groups excluding carboxylic acids is 3. The standard InChI is InChI=1S/C25H21FN2O4/c26-19-8-4-7-17(13-19)22(29)15-27-23(30)18-9-10-20-21(14-18)25(32)28(24(20)31)12-11-16-5-2-1-3-6-16/h1-10,13-14,22,29H,11-12,15H2,(H,27,30). The van der Waals surface area contributed by atoms with E-state index in [0.29, 0.717) is 12.0 Å². The number of hydrogen-bond acceptors (Lipinski definition) is 4. The van der Waals surface area contributed by atoms with Crippen molar-refractivity contribution in [2.75, 3.05) is 13.1 Å². The summed E-state index contributed by atoms with van der Waals surface area (Å²) in [6, 6.07) is 19.4. The zero-order valence-electron chi connectivity index (χ0n) is 17.1. The van der Waals surface area contributed by atoms with Gasteiger partial charge in [-0.2, -0.15) is 0 Å². The molecular weight excluding hydrogens is 411 g/mol. The maximum atomic E-state index is 13.3. The highest BCUT2D eigenvalue weighted by molar-refractivity contribution is 6.22. The lowest BCUT2D eigenvalue weighted by Crippen LogP contribution is -2.31. The van der Waals surface area contributed by atoms with Crippen LogP contribution in [0.5, 0.6) is 0 Å². The molecule has 0 saturated heterocycles. The summed E-state index contributed by atoms with van der Waals surface area (Å²) in [5, 5.41) is 12.7. The van der Waals surface area contributed by atoms with Gasteiger partial charge in [0, 0.05) is 18.7 Å². The minimum atomic E-state index is -1.08. The number of amides is 3. The average molecular weight is 432 g/mol. The fourth-order valence-electron chi connectivity index (χ4n) is 3.64. The van der Waals surface area contributed by atoms with Crippen LogP contribution >= 0.6 is 0 Å². The molecule has 1 unspecified atom stereocenters. The molecule has 3 aromatic rings. The number of halogens is 1. The molecule has 0 radical (unpaired) electrons. The molecule has 0 spiro atoms. The molecule has 3 aromatic carbocycles. The Kier molecular flexibility index (Phi) is 6.09. The maximum Gasteiger partial charge on any atom is 0.261 e. The number of hydrogen-bond donors (Lipinski definition) is 2. The quantitative estimate of drug-likeness (QED) is 0.562. The van der Waals surface area contributed by atoms with Gasteiger partial charge < -0.3 is 10.4 Å². The summed E-state index contributed by atoms with van der Waals surface area (Å²) in [5.74, 6) is -1.80. The van der Waals surface area contributed by atoms with E-state index in [1.54, 1.807) is 6.07 Å². The number of nitrogens with zero attached hydrogens (tertiary/aromatic N) is 1. The number of aliphatic hydroxyl groups is 1. The molecule has 1 aliphatic heterocycles. The fraction of sp³-hybridized carbons (Fsp3) is 0.160. The first-order valence-corrected chi connectivity index (χ1v) is 10.2. The molecule has 0 aromatic heterocycles. The number of benzene rings is 3. The fourth-order valence-corrected chi connectivity index (χ4v) is 3.64. The first kappa shape index (κ1) is 21.4. The van der Waals surface area contributed by atoms with Crippen LogP contribution in [0.2, 0.25) is 0 Å². The van der Waals surface area contributed by atoms with Crippen molar-refractivity contribution in [1.82, 2.24) is 10.2 Å². The number of carbonyl (C=O) groups is 3. The van der Waals surface area contributed by atoms with Gasteiger partial charge in [0.1, 0.15) is 5.82 Å². The van der Waals surface area contributed by atoms with E-state index in [2.05, 4.69) is 5.32 Å². The van der Waals surface area contributed by atoms with Gasteiger partial charge in [0.2, 0.25) is 0 Å². The first-order chi connectivity index (χ1) is 15.4. The molecule has 32 heavy (non-hydrogen) atoms. The van der Waals surface area contributed by atoms with Crippen LogP contribution in [0.1, 0.15) is 48.3 Å². The Morgan fingerprint density at radius 2 is 1.69 bits per heavy atom. The zero-order valence-corrected chi connectivity index (χ0v) is 17.1. The molecule has 0 saturated carbocycles. The van der Waals surface area contributed by atoms with Gasteiger partial charge in [0.15, 0.2) is 0 Å². The Bertz CT molecular complexity index is 1180. The van der Waals surface area contributed by atoms with Crippen molar-refractivity contribution in [2.24, 2.45) is 0 Å². The van der Waals surface area contributed by atoms with E-state index in [-0.39, 0.29) is 35.7 Å². The molecule has 162 valence electrons. The highest BCUT2D eigenvalue weighted by Gasteiger charge is 2.35. The lowest BCUT2D eigenvalue weighted by Gasteiger charge is -2.13. The van der Waals surface area contributed by atoms with Crippen molar-refractivity contribution in [3.05, 3.63) is 106 Å². The molecule has 0 bridgehead atoms. The van der Waals surface area contributed by atoms with Crippen LogP contribution in [-0.4, -0.2) is 40.8 Å². The number of aliphatic hydroxyl groups excluding tert-OH is 1. The molecule has 0 aliphatic carbocycles. The van der Waals surface area contributed by atoms with Crippen molar-refractivity contribution in [1.29, 1.82) is 0 Å². The maximum absolute atomic E-state index is 13.3. The predicted molar refractivity (Wildman–Crippen MR) is 116 cm³/mol. The van der Waals surface area contributed by atoms with Crippen molar-refractivity contribution >= 4 is 17.7 Å². The second-order valence-corrected chi connectivity index (χ2v) is 7.54. The van der Waals surface area contributed by atoms with Gasteiger partial charge in [-0.05, 0) is 47.9 Å². The van der Waals surface area contributed by atoms with Crippen LogP contribution in [0.25, 0.3) is 0 Å². The van der Waals surface area contributed by atoms with E-state index in [4.69, 9.17) is 0 Å². The highest BCUT2D eigenvalue weighted by Crippen LogP contribution is 2.24. The van der Waals surface area contributed by atoms with Gasteiger partial charge in [-0.25, -0.2) is 4.39 Å². The van der Waals surface area contributed by atoms with E-state index in [1.165, 1.54) is 41.3 Å². The zero-order chi connectivity index (χ0) is 22.7. The molecule has 1 aliphatic rings. The van der Waals surface area contributed by atoms with E-state index in [9.17, 15) is 23.9 Å². The number of nitrogens with one attached hydrogen (secondary N) is 1. The molecule has 7 heteroatoms. The van der Waals surface area contributed by atoms with Crippen LogP contribution in [0, 0.1) is 5.82 Å². The van der Waals surface area contributed by atoms with Crippen LogP contribution in [0.15, 0.2) is 72.8 Å². The Morgan fingerprint density at radius 3 is 2.44 bits per heavy atom. The molecular formula is C25H21FN2O4. The summed E-state index contributed by atoms with van der Waals surface area (Å²) in [4.78, 5) is 39.1. The Labute approximate surface area is 184 Å². The van der Waals surface area contributed by atoms with Crippen molar-refractivity contribution in [3.8, 4) is 0 Å². The predicted octanol–water partition coefficient (Wildman–Crippen LogP) is 3.13. The van der Waals surface area contributed by atoms with Crippen molar-refractivity contribution in [2.45, 2.75) is 12.5 Å². The number of imide groups is 1. The number of rotatable bonds is 7. The highest BCUT2D eigenvalue weighted by atomic mass is 19.1. The summed E-state index contributed by atoms with van der Waals surface area (Å²) in [6.45, 7) is 0.118. The van der Waals surface area contributed by atoms with Crippen molar-refractivity contribution in [3.63, 3.8) is 0 Å². The third kappa shape index (κ3) is 4.43. The summed E-state index contributed by atoms with van der Waals surface area (Å²) >= 11 is 0. The van der Waals surface area contributed by atoms with Gasteiger partial charge in [-0.15, -0.1) is 0 Å². The summed E-state index contributed by atoms with van der Waals surface area (Å²) < 4.78 is 13.3. The van der Waals surface area contributed by atoms with Crippen LogP contribution in [0.3, 0.4) is 0 Å². The Balaban J connectivity index is 1.42. The summed E-state index contributed by atoms with van der Waals surface area (Å²) in [6.07, 6.45) is -0.543. The smallest absolute Gasteiger partial charge is 0.261 e. The van der Waals surface area contributed by atoms with Crippen molar-refractivity contribution < 1.29 is 23.9 Å². The summed E-state index contributed by atoms with van der Waals surface area (Å²) in [7, 11) is 0. The second-order valence-electron chi connectivity index (χ2n) is 7.54. The van der Waals surface area contributed by atoms with E-state index < -0.39 is 23.7 Å². The third-order valence-electron chi connectivity index (χ3n) is 5.39. The Morgan fingerprint density at radius 1 is 0.938 bits per heavy atom. The summed E-state index contributed by atoms with van der Waals surface area (Å²) in [5.41, 5.74) is 2.00. The Hall–Kier alpha value is -3.84. The van der Waals surface area contributed by atoms with Crippen LogP contribution in [-0.2, 0) is 6.42 Å². The molecule has 1 heterocycles. The topological polar surface area (TPSA) is 86.7 Å². The molecule has 0 fully saturated rings. The van der Waals surface area contributed by atoms with Crippen LogP contribution in [0.4, 0.5) is 4.39 Å². The van der Waals surface area contributed by atoms with E-state index in [1.807, 2.05) is 30.3 Å². The normalized spacial score (nSPS) is 13.8. The minimum absolute atomic E-state index is 0.130. The third-order valence-corrected chi connectivity index (χ3v) is 5.39. The molecule has 2 N–H and O–H groups in total. The lowest BCUT2D eigenvalue weighted by molar-refractivity contribution is 0.0656. The average Bonchev–Trinajstić information content (AvgIpc) is 3.05. The van der Waals surface area contributed by atoms with Gasteiger partial charge in [0.05, 0.1) is 17.2 Å². The van der Waals surface area contributed by atoms with Gasteiger partial charge in [-0.1, -0.05) is 42.5 Å². The van der Waals surface area contributed by atoms with E-state index >= 15 is 0 Å². The van der Waals surface area contributed by atoms with Crippen LogP contribution < -0.4 is 5.32 Å². The first-order valence-electron chi connectivity index (χ1n) is 10.2. The SMILES string of the molecule is O=C(NCC(O)c1cccc(F)c1)c1ccc2c(c1)C(=O)N(CCc1ccccc1)C2=O.